The second kappa shape index (κ2) is 5.70. The minimum atomic E-state index is -0.998. The Morgan fingerprint density at radius 3 is 2.67 bits per heavy atom. The number of aromatic hydroxyl groups is 2. The van der Waals surface area contributed by atoms with Gasteiger partial charge in [-0.15, -0.1) is 0 Å². The summed E-state index contributed by atoms with van der Waals surface area (Å²) in [5.41, 5.74) is -0.277. The number of hydrogen-bond acceptors (Lipinski definition) is 5. The van der Waals surface area contributed by atoms with Gasteiger partial charge in [0.1, 0.15) is 11.6 Å². The molecule has 3 N–H and O–H groups in total. The molecule has 2 aromatic rings. The Labute approximate surface area is 117 Å². The van der Waals surface area contributed by atoms with Crippen LogP contribution in [0, 0.1) is 11.6 Å². The van der Waals surface area contributed by atoms with E-state index >= 15 is 0 Å². The van der Waals surface area contributed by atoms with Gasteiger partial charge in [-0.3, -0.25) is 5.32 Å². The van der Waals surface area contributed by atoms with E-state index in [4.69, 9.17) is 4.42 Å². The van der Waals surface area contributed by atoms with E-state index in [9.17, 15) is 23.8 Å². The van der Waals surface area contributed by atoms with Crippen LogP contribution in [0.3, 0.4) is 0 Å². The normalized spacial score (nSPS) is 10.4. The maximum atomic E-state index is 13.6. The summed E-state index contributed by atoms with van der Waals surface area (Å²) in [6.45, 7) is 1.65. The van der Waals surface area contributed by atoms with Crippen LogP contribution in [0.5, 0.6) is 11.5 Å². The Morgan fingerprint density at radius 2 is 2.05 bits per heavy atom. The van der Waals surface area contributed by atoms with Crippen molar-refractivity contribution in [3.8, 4) is 22.8 Å². The lowest BCUT2D eigenvalue weighted by molar-refractivity contribution is 0.167. The smallest absolute Gasteiger partial charge is 0.414 e. The summed E-state index contributed by atoms with van der Waals surface area (Å²) in [6, 6.07) is 2.57. The quantitative estimate of drug-likeness (QED) is 0.809. The molecule has 0 aliphatic rings. The van der Waals surface area contributed by atoms with Crippen LogP contribution < -0.4 is 5.32 Å². The fraction of sp³-hybridized carbons (Fsp3) is 0.154. The van der Waals surface area contributed by atoms with Crippen molar-refractivity contribution in [1.82, 2.24) is 0 Å². The van der Waals surface area contributed by atoms with Gasteiger partial charge in [0.2, 0.25) is 17.4 Å². The van der Waals surface area contributed by atoms with Gasteiger partial charge in [-0.05, 0) is 19.1 Å². The lowest BCUT2D eigenvalue weighted by atomic mass is 10.1. The molecule has 0 atom stereocenters. The summed E-state index contributed by atoms with van der Waals surface area (Å²) in [5.74, 6) is -4.34. The molecule has 1 amide bonds. The average molecular weight is 299 g/mol. The maximum Gasteiger partial charge on any atom is 0.414 e. The number of benzene rings is 1. The first-order valence-corrected chi connectivity index (χ1v) is 5.88. The van der Waals surface area contributed by atoms with Crippen molar-refractivity contribution < 1.29 is 32.9 Å². The molecular weight excluding hydrogens is 288 g/mol. The summed E-state index contributed by atoms with van der Waals surface area (Å²) >= 11 is 0. The van der Waals surface area contributed by atoms with Gasteiger partial charge >= 0.3 is 6.09 Å². The van der Waals surface area contributed by atoms with Crippen LogP contribution in [0.25, 0.3) is 11.3 Å². The average Bonchev–Trinajstić information content (AvgIpc) is 2.68. The molecule has 1 heterocycles. The Morgan fingerprint density at radius 1 is 1.33 bits per heavy atom. The highest BCUT2D eigenvalue weighted by molar-refractivity contribution is 5.87. The third kappa shape index (κ3) is 2.88. The zero-order valence-electron chi connectivity index (χ0n) is 10.8. The van der Waals surface area contributed by atoms with Crippen LogP contribution in [0.4, 0.5) is 19.5 Å². The standard InChI is InChI=1S/C13H11F2NO5/c1-2-20-13(19)16-12-10(18)9(17)11(21-12)7-4-3-6(14)5-8(7)15/h3-5,17-18H,2H2,1H3,(H,16,19). The minimum absolute atomic E-state index is 0.0821. The third-order valence-electron chi connectivity index (χ3n) is 2.53. The number of nitrogens with one attached hydrogen (secondary N) is 1. The number of carbonyl (C=O) groups excluding carboxylic acids is 1. The van der Waals surface area contributed by atoms with E-state index in [-0.39, 0.29) is 12.2 Å². The van der Waals surface area contributed by atoms with Gasteiger partial charge in [-0.25, -0.2) is 13.6 Å². The van der Waals surface area contributed by atoms with E-state index in [1.165, 1.54) is 0 Å². The summed E-state index contributed by atoms with van der Waals surface area (Å²) in [6.07, 6.45) is -0.923. The number of carbonyl (C=O) groups is 1. The molecule has 0 aliphatic heterocycles. The monoisotopic (exact) mass is 299 g/mol. The molecule has 0 fully saturated rings. The Kier molecular flexibility index (Phi) is 3.97. The zero-order valence-corrected chi connectivity index (χ0v) is 10.8. The fourth-order valence-corrected chi connectivity index (χ4v) is 1.61. The number of rotatable bonds is 3. The first-order valence-electron chi connectivity index (χ1n) is 5.88. The fourth-order valence-electron chi connectivity index (χ4n) is 1.61. The summed E-state index contributed by atoms with van der Waals surface area (Å²) in [4.78, 5) is 11.2. The first kappa shape index (κ1) is 14.6. The number of halogens is 2. The molecular formula is C13H11F2NO5. The predicted octanol–water partition coefficient (Wildman–Crippen LogP) is 3.20. The van der Waals surface area contributed by atoms with Gasteiger partial charge in [0, 0.05) is 6.07 Å². The highest BCUT2D eigenvalue weighted by Crippen LogP contribution is 2.45. The summed E-state index contributed by atoms with van der Waals surface area (Å²) in [7, 11) is 0. The molecule has 1 aromatic heterocycles. The predicted molar refractivity (Wildman–Crippen MR) is 68.0 cm³/mol. The summed E-state index contributed by atoms with van der Waals surface area (Å²) < 4.78 is 36.0. The first-order chi connectivity index (χ1) is 9.93. The van der Waals surface area contributed by atoms with Crippen molar-refractivity contribution in [3.05, 3.63) is 29.8 Å². The second-order valence-corrected chi connectivity index (χ2v) is 3.93. The van der Waals surface area contributed by atoms with Gasteiger partial charge in [0.15, 0.2) is 5.76 Å². The highest BCUT2D eigenvalue weighted by Gasteiger charge is 2.24. The summed E-state index contributed by atoms with van der Waals surface area (Å²) in [5, 5.41) is 21.4. The van der Waals surface area contributed by atoms with Crippen LogP contribution in [0.15, 0.2) is 22.6 Å². The lowest BCUT2D eigenvalue weighted by Crippen LogP contribution is -2.12. The van der Waals surface area contributed by atoms with E-state index in [1.54, 1.807) is 6.92 Å². The molecule has 0 saturated carbocycles. The van der Waals surface area contributed by atoms with Crippen molar-refractivity contribution in [1.29, 1.82) is 0 Å². The van der Waals surface area contributed by atoms with Crippen molar-refractivity contribution in [2.45, 2.75) is 6.92 Å². The Balaban J connectivity index is 2.40. The highest BCUT2D eigenvalue weighted by atomic mass is 19.1. The van der Waals surface area contributed by atoms with E-state index in [1.807, 2.05) is 5.32 Å². The molecule has 2 rings (SSSR count). The van der Waals surface area contributed by atoms with Crippen LogP contribution in [-0.4, -0.2) is 22.9 Å². The molecule has 0 unspecified atom stereocenters. The molecule has 6 nitrogen and oxygen atoms in total. The van der Waals surface area contributed by atoms with Gasteiger partial charge in [0.05, 0.1) is 12.2 Å². The van der Waals surface area contributed by atoms with Crippen molar-refractivity contribution >= 4 is 12.0 Å². The molecule has 0 spiro atoms. The SMILES string of the molecule is CCOC(=O)Nc1oc(-c2ccc(F)cc2F)c(O)c1O. The van der Waals surface area contributed by atoms with Crippen molar-refractivity contribution in [3.63, 3.8) is 0 Å². The third-order valence-corrected chi connectivity index (χ3v) is 2.53. The van der Waals surface area contributed by atoms with E-state index in [0.717, 1.165) is 12.1 Å². The van der Waals surface area contributed by atoms with Crippen LogP contribution in [0.2, 0.25) is 0 Å². The Hall–Kier alpha value is -2.77. The molecule has 0 aliphatic carbocycles. The van der Waals surface area contributed by atoms with Crippen molar-refractivity contribution in [2.75, 3.05) is 11.9 Å². The van der Waals surface area contributed by atoms with Gasteiger partial charge in [-0.1, -0.05) is 0 Å². The topological polar surface area (TPSA) is 91.9 Å². The zero-order chi connectivity index (χ0) is 15.6. The lowest BCUT2D eigenvalue weighted by Gasteiger charge is -2.02. The molecule has 0 radical (unpaired) electrons. The maximum absolute atomic E-state index is 13.6. The van der Waals surface area contributed by atoms with Crippen molar-refractivity contribution in [2.24, 2.45) is 0 Å². The molecule has 112 valence electrons. The number of furan rings is 1. The van der Waals surface area contributed by atoms with Crippen LogP contribution >= 0.6 is 0 Å². The van der Waals surface area contributed by atoms with Crippen LogP contribution in [0.1, 0.15) is 6.92 Å². The molecule has 8 heteroatoms. The van der Waals surface area contributed by atoms with Crippen LogP contribution in [-0.2, 0) is 4.74 Å². The number of amides is 1. The molecule has 1 aromatic carbocycles. The molecule has 21 heavy (non-hydrogen) atoms. The van der Waals surface area contributed by atoms with Gasteiger partial charge in [-0.2, -0.15) is 0 Å². The molecule has 0 bridgehead atoms. The van der Waals surface area contributed by atoms with Gasteiger partial charge in [0.25, 0.3) is 0 Å². The largest absolute Gasteiger partial charge is 0.502 e. The number of anilines is 1. The number of hydrogen-bond donors (Lipinski definition) is 3. The Bertz CT molecular complexity index is 683. The second-order valence-electron chi connectivity index (χ2n) is 3.93. The molecule has 0 saturated heterocycles. The number of ether oxygens (including phenoxy) is 1. The minimum Gasteiger partial charge on any atom is -0.502 e. The van der Waals surface area contributed by atoms with E-state index in [0.29, 0.717) is 6.07 Å². The van der Waals surface area contributed by atoms with Gasteiger partial charge < -0.3 is 19.4 Å². The van der Waals surface area contributed by atoms with E-state index in [2.05, 4.69) is 4.74 Å². The van der Waals surface area contributed by atoms with E-state index < -0.39 is 40.9 Å².